The van der Waals surface area contributed by atoms with E-state index < -0.39 is 23.3 Å². The Morgan fingerprint density at radius 2 is 1.09 bits per heavy atom. The summed E-state index contributed by atoms with van der Waals surface area (Å²) in [5.41, 5.74) is 1.11. The van der Waals surface area contributed by atoms with Crippen molar-refractivity contribution in [2.24, 2.45) is 0 Å². The number of nitrogens with zero attached hydrogens (tertiary/aromatic N) is 2. The van der Waals surface area contributed by atoms with Crippen LogP contribution in [0, 0.1) is 23.3 Å². The summed E-state index contributed by atoms with van der Waals surface area (Å²) in [5, 5.41) is 0. The molecule has 0 unspecified atom stereocenters. The zero-order valence-electron chi connectivity index (χ0n) is 19.8. The molecule has 0 bridgehead atoms. The molecule has 0 aliphatic carbocycles. The van der Waals surface area contributed by atoms with Crippen molar-refractivity contribution in [3.63, 3.8) is 0 Å². The minimum Gasteiger partial charge on any atom is -0.304 e. The van der Waals surface area contributed by atoms with E-state index in [0.717, 1.165) is 71.4 Å². The molecule has 2 aliphatic rings. The Kier molecular flexibility index (Phi) is 9.75. The zero-order chi connectivity index (χ0) is 23.8. The maximum Gasteiger partial charge on any atom is 0.162 e. The van der Waals surface area contributed by atoms with Crippen molar-refractivity contribution in [2.45, 2.75) is 57.8 Å². The monoisotopic (exact) mass is 464 g/mol. The Labute approximate surface area is 195 Å². The normalized spacial score (nSPS) is 18.7. The lowest BCUT2D eigenvalue weighted by atomic mass is 9.89. The third kappa shape index (κ3) is 6.80. The molecule has 2 aliphatic heterocycles. The molecule has 2 heterocycles. The van der Waals surface area contributed by atoms with Crippen molar-refractivity contribution in [1.29, 1.82) is 0 Å². The van der Waals surface area contributed by atoms with Crippen LogP contribution in [0.1, 0.15) is 68.9 Å². The van der Waals surface area contributed by atoms with E-state index in [9.17, 15) is 17.6 Å². The van der Waals surface area contributed by atoms with Crippen LogP contribution in [-0.2, 0) is 0 Å². The van der Waals surface area contributed by atoms with Crippen molar-refractivity contribution in [3.05, 3.63) is 70.8 Å². The maximum atomic E-state index is 13.6. The van der Waals surface area contributed by atoms with E-state index in [4.69, 9.17) is 0 Å². The van der Waals surface area contributed by atoms with E-state index in [-0.39, 0.29) is 11.8 Å². The van der Waals surface area contributed by atoms with Crippen LogP contribution < -0.4 is 0 Å². The standard InChI is InChI=1S/C14H19F2N.C13H17F2N/c1-2-8-17-9-6-11(7-10-17)12-4-3-5-13(15)14(12)16;1-2-16-8-6-10(7-9-16)11-4-3-5-12(14)13(11)15/h3-5,11H,2,6-10H2,1H3;3-5,10H,2,6-9H2,1H3. The minimum absolute atomic E-state index is 0.179. The Bertz CT molecular complexity index is 872. The van der Waals surface area contributed by atoms with Gasteiger partial charge in [-0.05, 0) is 106 Å². The molecule has 2 nitrogen and oxygen atoms in total. The molecule has 2 fully saturated rings. The molecular formula is C27H36F4N2. The number of piperidine rings is 2. The van der Waals surface area contributed by atoms with Crippen LogP contribution in [0.5, 0.6) is 0 Å². The van der Waals surface area contributed by atoms with Crippen LogP contribution in [0.3, 0.4) is 0 Å². The number of hydrogen-bond donors (Lipinski definition) is 0. The molecule has 4 rings (SSSR count). The summed E-state index contributed by atoms with van der Waals surface area (Å²) in [6.45, 7) is 10.4. The predicted molar refractivity (Wildman–Crippen MR) is 126 cm³/mol. The first-order valence-corrected chi connectivity index (χ1v) is 12.3. The summed E-state index contributed by atoms with van der Waals surface area (Å²) < 4.78 is 53.5. The van der Waals surface area contributed by atoms with Gasteiger partial charge in [-0.15, -0.1) is 0 Å². The van der Waals surface area contributed by atoms with Gasteiger partial charge in [-0.25, -0.2) is 17.6 Å². The number of hydrogen-bond acceptors (Lipinski definition) is 2. The molecule has 2 aromatic carbocycles. The quantitative estimate of drug-likeness (QED) is 0.453. The van der Waals surface area contributed by atoms with Crippen molar-refractivity contribution >= 4 is 0 Å². The third-order valence-corrected chi connectivity index (χ3v) is 7.00. The summed E-state index contributed by atoms with van der Waals surface area (Å²) in [4.78, 5) is 4.74. The summed E-state index contributed by atoms with van der Waals surface area (Å²) in [5.74, 6) is -2.40. The summed E-state index contributed by atoms with van der Waals surface area (Å²) in [6.07, 6.45) is 4.86. The van der Waals surface area contributed by atoms with E-state index in [0.29, 0.717) is 11.1 Å². The number of benzene rings is 2. The Morgan fingerprint density at radius 1 is 0.667 bits per heavy atom. The molecule has 0 aromatic heterocycles. The molecule has 0 atom stereocenters. The van der Waals surface area contributed by atoms with Gasteiger partial charge in [0.2, 0.25) is 0 Å². The summed E-state index contributed by atoms with van der Waals surface area (Å²) >= 11 is 0. The second-order valence-corrected chi connectivity index (χ2v) is 9.11. The smallest absolute Gasteiger partial charge is 0.162 e. The lowest BCUT2D eigenvalue weighted by molar-refractivity contribution is 0.210. The SMILES string of the molecule is CCCN1CCC(c2cccc(F)c2F)CC1.CCN1CCC(c2cccc(F)c2F)CC1. The first-order chi connectivity index (χ1) is 15.9. The van der Waals surface area contributed by atoms with Gasteiger partial charge in [0.15, 0.2) is 23.3 Å². The fourth-order valence-electron chi connectivity index (χ4n) is 5.02. The fraction of sp³-hybridized carbons (Fsp3) is 0.556. The second kappa shape index (κ2) is 12.5. The van der Waals surface area contributed by atoms with E-state index in [1.807, 2.05) is 0 Å². The largest absolute Gasteiger partial charge is 0.304 e. The van der Waals surface area contributed by atoms with Crippen LogP contribution in [0.2, 0.25) is 0 Å². The van der Waals surface area contributed by atoms with Crippen molar-refractivity contribution in [1.82, 2.24) is 9.80 Å². The summed E-state index contributed by atoms with van der Waals surface area (Å²) in [6, 6.07) is 9.00. The van der Waals surface area contributed by atoms with E-state index in [1.165, 1.54) is 12.1 Å². The van der Waals surface area contributed by atoms with Gasteiger partial charge in [0.1, 0.15) is 0 Å². The highest BCUT2D eigenvalue weighted by molar-refractivity contribution is 5.24. The number of halogens is 4. The molecule has 0 saturated carbocycles. The van der Waals surface area contributed by atoms with Gasteiger partial charge in [-0.2, -0.15) is 0 Å². The highest BCUT2D eigenvalue weighted by Gasteiger charge is 2.24. The predicted octanol–water partition coefficient (Wildman–Crippen LogP) is 6.72. The molecule has 2 saturated heterocycles. The topological polar surface area (TPSA) is 6.48 Å². The molecule has 0 amide bonds. The molecule has 182 valence electrons. The fourth-order valence-corrected chi connectivity index (χ4v) is 5.02. The molecule has 2 aromatic rings. The van der Waals surface area contributed by atoms with Crippen LogP contribution in [-0.4, -0.2) is 49.1 Å². The average Bonchev–Trinajstić information content (AvgIpc) is 2.84. The lowest BCUT2D eigenvalue weighted by Crippen LogP contribution is -2.33. The van der Waals surface area contributed by atoms with Crippen LogP contribution in [0.4, 0.5) is 17.6 Å². The molecule has 0 spiro atoms. The number of rotatable bonds is 5. The van der Waals surface area contributed by atoms with Crippen molar-refractivity contribution < 1.29 is 17.6 Å². The van der Waals surface area contributed by atoms with E-state index in [1.54, 1.807) is 24.3 Å². The molecule has 33 heavy (non-hydrogen) atoms. The van der Waals surface area contributed by atoms with Gasteiger partial charge >= 0.3 is 0 Å². The Hall–Kier alpha value is -1.92. The van der Waals surface area contributed by atoms with Crippen molar-refractivity contribution in [2.75, 3.05) is 39.3 Å². The first-order valence-electron chi connectivity index (χ1n) is 12.3. The summed E-state index contributed by atoms with van der Waals surface area (Å²) in [7, 11) is 0. The minimum atomic E-state index is -0.726. The average molecular weight is 465 g/mol. The maximum absolute atomic E-state index is 13.6. The lowest BCUT2D eigenvalue weighted by Gasteiger charge is -2.32. The van der Waals surface area contributed by atoms with Gasteiger partial charge in [-0.3, -0.25) is 0 Å². The van der Waals surface area contributed by atoms with Crippen LogP contribution in [0.15, 0.2) is 36.4 Å². The van der Waals surface area contributed by atoms with E-state index >= 15 is 0 Å². The zero-order valence-corrected chi connectivity index (χ0v) is 19.8. The Balaban J connectivity index is 0.000000186. The van der Waals surface area contributed by atoms with Crippen LogP contribution in [0.25, 0.3) is 0 Å². The molecule has 6 heteroatoms. The second-order valence-electron chi connectivity index (χ2n) is 9.11. The van der Waals surface area contributed by atoms with Crippen molar-refractivity contribution in [3.8, 4) is 0 Å². The van der Waals surface area contributed by atoms with E-state index in [2.05, 4.69) is 23.6 Å². The van der Waals surface area contributed by atoms with Gasteiger partial charge in [0.05, 0.1) is 0 Å². The van der Waals surface area contributed by atoms with Crippen LogP contribution >= 0.6 is 0 Å². The molecular weight excluding hydrogens is 428 g/mol. The van der Waals surface area contributed by atoms with Gasteiger partial charge in [-0.1, -0.05) is 38.1 Å². The molecule has 0 radical (unpaired) electrons. The number of likely N-dealkylation sites (tertiary alicyclic amines) is 2. The highest BCUT2D eigenvalue weighted by atomic mass is 19.2. The van der Waals surface area contributed by atoms with Gasteiger partial charge in [0, 0.05) is 0 Å². The first kappa shape index (κ1) is 25.7. The molecule has 0 N–H and O–H groups in total. The van der Waals surface area contributed by atoms with Gasteiger partial charge in [0.25, 0.3) is 0 Å². The van der Waals surface area contributed by atoms with Gasteiger partial charge < -0.3 is 9.80 Å². The third-order valence-electron chi connectivity index (χ3n) is 7.00. The highest BCUT2D eigenvalue weighted by Crippen LogP contribution is 2.31. The Morgan fingerprint density at radius 3 is 1.48 bits per heavy atom.